The molecule has 0 radical (unpaired) electrons. The van der Waals surface area contributed by atoms with E-state index in [1.54, 1.807) is 20.1 Å². The van der Waals surface area contributed by atoms with Crippen LogP contribution in [0.4, 0.5) is 4.39 Å². The molecule has 66 valence electrons. The van der Waals surface area contributed by atoms with E-state index in [2.05, 4.69) is 0 Å². The van der Waals surface area contributed by atoms with Crippen LogP contribution in [0, 0.1) is 12.7 Å². The van der Waals surface area contributed by atoms with Gasteiger partial charge in [0, 0.05) is 5.56 Å². The Labute approximate surface area is 72.2 Å². The topological polar surface area (TPSA) is 9.23 Å². The molecule has 0 aromatic heterocycles. The fourth-order valence-corrected chi connectivity index (χ4v) is 1.12. The van der Waals surface area contributed by atoms with Crippen molar-refractivity contribution in [1.29, 1.82) is 0 Å². The SMILES string of the molecule is CCc1cc(F)c(C)c(OC)c1. The van der Waals surface area contributed by atoms with Crippen LogP contribution in [-0.4, -0.2) is 7.11 Å². The summed E-state index contributed by atoms with van der Waals surface area (Å²) < 4.78 is 18.2. The predicted molar refractivity (Wildman–Crippen MR) is 47.1 cm³/mol. The summed E-state index contributed by atoms with van der Waals surface area (Å²) in [5, 5.41) is 0. The van der Waals surface area contributed by atoms with Gasteiger partial charge in [0.15, 0.2) is 0 Å². The molecule has 0 aliphatic rings. The van der Waals surface area contributed by atoms with E-state index in [-0.39, 0.29) is 5.82 Å². The molecule has 1 aromatic rings. The highest BCUT2D eigenvalue weighted by molar-refractivity contribution is 5.37. The Balaban J connectivity index is 3.19. The van der Waals surface area contributed by atoms with Gasteiger partial charge in [-0.05, 0) is 31.0 Å². The Bertz CT molecular complexity index is 281. The van der Waals surface area contributed by atoms with E-state index in [0.29, 0.717) is 11.3 Å². The quantitative estimate of drug-likeness (QED) is 0.659. The van der Waals surface area contributed by atoms with Crippen LogP contribution in [0.3, 0.4) is 0 Å². The zero-order valence-corrected chi connectivity index (χ0v) is 7.65. The first-order valence-electron chi connectivity index (χ1n) is 4.02. The molecule has 0 aliphatic heterocycles. The Morgan fingerprint density at radius 2 is 2.08 bits per heavy atom. The van der Waals surface area contributed by atoms with Gasteiger partial charge in [0.05, 0.1) is 7.11 Å². The van der Waals surface area contributed by atoms with Crippen molar-refractivity contribution < 1.29 is 9.13 Å². The second-order valence-electron chi connectivity index (χ2n) is 2.76. The van der Waals surface area contributed by atoms with Crippen LogP contribution in [0.2, 0.25) is 0 Å². The molecule has 0 amide bonds. The highest BCUT2D eigenvalue weighted by atomic mass is 19.1. The van der Waals surface area contributed by atoms with E-state index < -0.39 is 0 Å². The van der Waals surface area contributed by atoms with Gasteiger partial charge in [-0.15, -0.1) is 0 Å². The van der Waals surface area contributed by atoms with Crippen molar-refractivity contribution in [2.24, 2.45) is 0 Å². The van der Waals surface area contributed by atoms with Gasteiger partial charge in [-0.25, -0.2) is 4.39 Å². The molecular weight excluding hydrogens is 155 g/mol. The lowest BCUT2D eigenvalue weighted by molar-refractivity contribution is 0.406. The maximum Gasteiger partial charge on any atom is 0.130 e. The molecule has 0 N–H and O–H groups in total. The predicted octanol–water partition coefficient (Wildman–Crippen LogP) is 2.71. The van der Waals surface area contributed by atoms with Crippen LogP contribution < -0.4 is 4.74 Å². The van der Waals surface area contributed by atoms with Crippen molar-refractivity contribution in [2.45, 2.75) is 20.3 Å². The van der Waals surface area contributed by atoms with Gasteiger partial charge in [-0.3, -0.25) is 0 Å². The summed E-state index contributed by atoms with van der Waals surface area (Å²) in [7, 11) is 1.56. The van der Waals surface area contributed by atoms with Crippen LogP contribution in [0.15, 0.2) is 12.1 Å². The Morgan fingerprint density at radius 1 is 1.42 bits per heavy atom. The molecule has 0 bridgehead atoms. The van der Waals surface area contributed by atoms with Crippen LogP contribution in [0.1, 0.15) is 18.1 Å². The minimum Gasteiger partial charge on any atom is -0.496 e. The van der Waals surface area contributed by atoms with Gasteiger partial charge in [0.1, 0.15) is 11.6 Å². The number of ether oxygens (including phenoxy) is 1. The molecule has 0 saturated carbocycles. The highest BCUT2D eigenvalue weighted by Gasteiger charge is 2.05. The lowest BCUT2D eigenvalue weighted by Crippen LogP contribution is -1.93. The van der Waals surface area contributed by atoms with Crippen molar-refractivity contribution in [1.82, 2.24) is 0 Å². The Morgan fingerprint density at radius 3 is 2.58 bits per heavy atom. The minimum absolute atomic E-state index is 0.189. The monoisotopic (exact) mass is 168 g/mol. The number of rotatable bonds is 2. The average Bonchev–Trinajstić information content (AvgIpc) is 2.09. The summed E-state index contributed by atoms with van der Waals surface area (Å²) in [5.41, 5.74) is 1.55. The third-order valence-corrected chi connectivity index (χ3v) is 1.98. The van der Waals surface area contributed by atoms with E-state index in [0.717, 1.165) is 12.0 Å². The number of hydrogen-bond donors (Lipinski definition) is 0. The van der Waals surface area contributed by atoms with E-state index in [1.807, 2.05) is 13.0 Å². The van der Waals surface area contributed by atoms with Crippen molar-refractivity contribution in [3.05, 3.63) is 29.1 Å². The second-order valence-corrected chi connectivity index (χ2v) is 2.76. The summed E-state index contributed by atoms with van der Waals surface area (Å²) >= 11 is 0. The van der Waals surface area contributed by atoms with Gasteiger partial charge < -0.3 is 4.74 Å². The van der Waals surface area contributed by atoms with Crippen LogP contribution in [-0.2, 0) is 6.42 Å². The molecule has 0 saturated heterocycles. The fraction of sp³-hybridized carbons (Fsp3) is 0.400. The van der Waals surface area contributed by atoms with Gasteiger partial charge in [0.2, 0.25) is 0 Å². The van der Waals surface area contributed by atoms with E-state index in [4.69, 9.17) is 4.74 Å². The maximum atomic E-state index is 13.1. The van der Waals surface area contributed by atoms with Gasteiger partial charge >= 0.3 is 0 Å². The molecule has 0 heterocycles. The number of aryl methyl sites for hydroxylation is 1. The van der Waals surface area contributed by atoms with E-state index in [9.17, 15) is 4.39 Å². The van der Waals surface area contributed by atoms with Crippen molar-refractivity contribution in [2.75, 3.05) is 7.11 Å². The minimum atomic E-state index is -0.189. The summed E-state index contributed by atoms with van der Waals surface area (Å²) in [6.45, 7) is 3.71. The molecule has 1 nitrogen and oxygen atoms in total. The first-order chi connectivity index (χ1) is 5.69. The van der Waals surface area contributed by atoms with Crippen LogP contribution in [0.25, 0.3) is 0 Å². The molecule has 0 unspecified atom stereocenters. The highest BCUT2D eigenvalue weighted by Crippen LogP contribution is 2.22. The smallest absolute Gasteiger partial charge is 0.130 e. The van der Waals surface area contributed by atoms with Crippen molar-refractivity contribution in [3.8, 4) is 5.75 Å². The molecule has 1 rings (SSSR count). The molecule has 0 fully saturated rings. The van der Waals surface area contributed by atoms with Crippen LogP contribution >= 0.6 is 0 Å². The van der Waals surface area contributed by atoms with Gasteiger partial charge in [-0.2, -0.15) is 0 Å². The molecular formula is C10H13FO. The van der Waals surface area contributed by atoms with Crippen molar-refractivity contribution >= 4 is 0 Å². The average molecular weight is 168 g/mol. The van der Waals surface area contributed by atoms with Gasteiger partial charge in [0.25, 0.3) is 0 Å². The number of benzene rings is 1. The molecule has 1 aromatic carbocycles. The fourth-order valence-electron chi connectivity index (χ4n) is 1.12. The number of methoxy groups -OCH3 is 1. The summed E-state index contributed by atoms with van der Waals surface area (Å²) in [5.74, 6) is 0.443. The third kappa shape index (κ3) is 1.58. The largest absolute Gasteiger partial charge is 0.496 e. The van der Waals surface area contributed by atoms with Crippen LogP contribution in [0.5, 0.6) is 5.75 Å². The summed E-state index contributed by atoms with van der Waals surface area (Å²) in [6, 6.07) is 3.43. The lowest BCUT2D eigenvalue weighted by atomic mass is 10.1. The molecule has 12 heavy (non-hydrogen) atoms. The second kappa shape index (κ2) is 3.57. The summed E-state index contributed by atoms with van der Waals surface area (Å²) in [6.07, 6.45) is 0.827. The zero-order valence-electron chi connectivity index (χ0n) is 7.65. The number of hydrogen-bond acceptors (Lipinski definition) is 1. The zero-order chi connectivity index (χ0) is 9.14. The van der Waals surface area contributed by atoms with Crippen molar-refractivity contribution in [3.63, 3.8) is 0 Å². The number of halogens is 1. The first kappa shape index (κ1) is 9.04. The Hall–Kier alpha value is -1.05. The standard InChI is InChI=1S/C10H13FO/c1-4-8-5-9(11)7(2)10(6-8)12-3/h5-6H,4H2,1-3H3. The molecule has 0 spiro atoms. The van der Waals surface area contributed by atoms with Gasteiger partial charge in [-0.1, -0.05) is 6.92 Å². The van der Waals surface area contributed by atoms with E-state index >= 15 is 0 Å². The normalized spacial score (nSPS) is 10.0. The molecule has 0 aliphatic carbocycles. The van der Waals surface area contributed by atoms with E-state index in [1.165, 1.54) is 0 Å². The Kier molecular flexibility index (Phi) is 2.69. The maximum absolute atomic E-state index is 13.1. The summed E-state index contributed by atoms with van der Waals surface area (Å²) in [4.78, 5) is 0. The third-order valence-electron chi connectivity index (χ3n) is 1.98. The molecule has 2 heteroatoms. The first-order valence-corrected chi connectivity index (χ1v) is 4.02. The molecule has 0 atom stereocenters. The lowest BCUT2D eigenvalue weighted by Gasteiger charge is -2.07.